The molecule has 0 saturated heterocycles. The summed E-state index contributed by atoms with van der Waals surface area (Å²) in [7, 11) is 0. The Morgan fingerprint density at radius 3 is 1.67 bits per heavy atom. The van der Waals surface area contributed by atoms with E-state index >= 15 is 0 Å². The zero-order chi connectivity index (χ0) is 15.9. The lowest BCUT2D eigenvalue weighted by atomic mass is 10.2. The summed E-state index contributed by atoms with van der Waals surface area (Å²) in [5, 5.41) is 2.76. The Morgan fingerprint density at radius 1 is 0.762 bits per heavy atom. The second-order valence-electron chi connectivity index (χ2n) is 6.32. The molecule has 2 nitrogen and oxygen atoms in total. The predicted molar refractivity (Wildman–Crippen MR) is 97.1 cm³/mol. The van der Waals surface area contributed by atoms with Gasteiger partial charge in [0.05, 0.1) is 6.23 Å². The highest BCUT2D eigenvalue weighted by Crippen LogP contribution is 2.18. The molecule has 1 unspecified atom stereocenters. The predicted octanol–water partition coefficient (Wildman–Crippen LogP) is 5.84. The Labute approximate surface area is 139 Å². The van der Waals surface area contributed by atoms with E-state index in [4.69, 9.17) is 3.79 Å². The van der Waals surface area contributed by atoms with Gasteiger partial charge in [0, 0.05) is 13.1 Å². The van der Waals surface area contributed by atoms with E-state index < -0.39 is 14.5 Å². The minimum absolute atomic E-state index is 0.403. The minimum Gasteiger partial charge on any atom is -0.487 e. The number of rotatable bonds is 15. The molecule has 0 heterocycles. The van der Waals surface area contributed by atoms with Crippen LogP contribution in [0.15, 0.2) is 0 Å². The van der Waals surface area contributed by atoms with Crippen molar-refractivity contribution < 1.29 is 3.79 Å². The van der Waals surface area contributed by atoms with Gasteiger partial charge in [-0.25, -0.2) is 0 Å². The lowest BCUT2D eigenvalue weighted by molar-refractivity contribution is 0.0147. The second kappa shape index (κ2) is 15.4. The molecule has 0 aliphatic carbocycles. The fourth-order valence-electron chi connectivity index (χ4n) is 2.92. The summed E-state index contributed by atoms with van der Waals surface area (Å²) in [5.41, 5.74) is 0. The van der Waals surface area contributed by atoms with Crippen LogP contribution in [0.25, 0.3) is 0 Å². The van der Waals surface area contributed by atoms with Crippen LogP contribution in [0.5, 0.6) is 0 Å². The van der Waals surface area contributed by atoms with Crippen LogP contribution in [0.3, 0.4) is 0 Å². The van der Waals surface area contributed by atoms with Gasteiger partial charge in [-0.15, -0.1) is 0 Å². The third-order valence-corrected chi connectivity index (χ3v) is 6.88. The molecule has 0 spiro atoms. The van der Waals surface area contributed by atoms with Gasteiger partial charge in [0.25, 0.3) is 0 Å². The van der Waals surface area contributed by atoms with E-state index in [0.717, 1.165) is 0 Å². The number of nitrogens with zero attached hydrogens (tertiary/aromatic N) is 1. The Balaban J connectivity index is 4.61. The van der Waals surface area contributed by atoms with Crippen LogP contribution in [0.1, 0.15) is 86.0 Å². The third-order valence-electron chi connectivity index (χ3n) is 4.07. The first-order valence-electron chi connectivity index (χ1n) is 9.62. The Morgan fingerprint density at radius 2 is 1.29 bits per heavy atom. The zero-order valence-electron chi connectivity index (χ0n) is 15.5. The first-order chi connectivity index (χ1) is 10.2. The van der Waals surface area contributed by atoms with E-state index in [-0.39, 0.29) is 0 Å². The Hall–Kier alpha value is 0.452. The van der Waals surface area contributed by atoms with Crippen LogP contribution >= 0.6 is 0 Å². The highest BCUT2D eigenvalue weighted by atomic mass is 27.2. The summed E-state index contributed by atoms with van der Waals surface area (Å²) in [6, 6.07) is 0. The molecule has 0 aromatic carbocycles. The lowest BCUT2D eigenvalue weighted by Gasteiger charge is -2.34. The number of unbranched alkanes of at least 4 members (excludes halogenated alkanes) is 2. The quantitative estimate of drug-likeness (QED) is 0.278. The largest absolute Gasteiger partial charge is 0.487 e. The third kappa shape index (κ3) is 10.7. The minimum atomic E-state index is -1.01. The molecular formula is C18H40AlNO. The van der Waals surface area contributed by atoms with Crippen molar-refractivity contribution in [1.82, 2.24) is 4.90 Å². The normalized spacial score (nSPS) is 12.9. The van der Waals surface area contributed by atoms with Gasteiger partial charge in [0.2, 0.25) is 0 Å². The molecule has 3 heteroatoms. The molecule has 0 aromatic rings. The lowest BCUT2D eigenvalue weighted by Crippen LogP contribution is -2.42. The maximum atomic E-state index is 6.73. The zero-order valence-corrected chi connectivity index (χ0v) is 16.7. The van der Waals surface area contributed by atoms with E-state index in [9.17, 15) is 0 Å². The van der Waals surface area contributed by atoms with Crippen LogP contribution < -0.4 is 0 Å². The highest BCUT2D eigenvalue weighted by molar-refractivity contribution is 6.51. The van der Waals surface area contributed by atoms with Crippen LogP contribution in [0, 0.1) is 0 Å². The first-order valence-corrected chi connectivity index (χ1v) is 11.7. The number of hydrogen-bond donors (Lipinski definition) is 0. The van der Waals surface area contributed by atoms with Crippen molar-refractivity contribution in [3.63, 3.8) is 0 Å². The Kier molecular flexibility index (Phi) is 15.7. The molecule has 0 bridgehead atoms. The van der Waals surface area contributed by atoms with Crippen molar-refractivity contribution in [2.24, 2.45) is 0 Å². The molecule has 1 atom stereocenters. The summed E-state index contributed by atoms with van der Waals surface area (Å²) in [4.78, 5) is 2.61. The molecule has 0 aliphatic heterocycles. The van der Waals surface area contributed by atoms with Crippen LogP contribution in [0.4, 0.5) is 0 Å². The first kappa shape index (κ1) is 21.5. The smallest absolute Gasteiger partial charge is 0.461 e. The Bertz CT molecular complexity index is 199. The average molecular weight is 314 g/mol. The topological polar surface area (TPSA) is 12.5 Å². The van der Waals surface area contributed by atoms with Crippen molar-refractivity contribution in [3.05, 3.63) is 0 Å². The highest BCUT2D eigenvalue weighted by Gasteiger charge is 2.26. The van der Waals surface area contributed by atoms with Crippen molar-refractivity contribution in [1.29, 1.82) is 0 Å². The SMILES string of the molecule is CCC[CH2][Al]([CH2]CCC)[O]C(CCC)N(CCC)CCC. The summed E-state index contributed by atoms with van der Waals surface area (Å²) in [6.45, 7) is 13.9. The van der Waals surface area contributed by atoms with Gasteiger partial charge in [0.15, 0.2) is 0 Å². The molecule has 0 radical (unpaired) electrons. The molecule has 0 saturated carbocycles. The van der Waals surface area contributed by atoms with E-state index in [1.54, 1.807) is 0 Å². The monoisotopic (exact) mass is 313 g/mol. The molecule has 126 valence electrons. The maximum Gasteiger partial charge on any atom is 0.461 e. The molecule has 0 aliphatic rings. The average Bonchev–Trinajstić information content (AvgIpc) is 2.49. The summed E-state index contributed by atoms with van der Waals surface area (Å²) in [6.07, 6.45) is 10.7. The molecule has 0 amide bonds. The van der Waals surface area contributed by atoms with Gasteiger partial charge < -0.3 is 3.79 Å². The second-order valence-corrected chi connectivity index (χ2v) is 8.99. The maximum absolute atomic E-state index is 6.73. The van der Waals surface area contributed by atoms with Crippen LogP contribution in [0.2, 0.25) is 10.6 Å². The van der Waals surface area contributed by atoms with Crippen molar-refractivity contribution >= 4 is 14.5 Å². The van der Waals surface area contributed by atoms with Crippen LogP contribution in [-0.4, -0.2) is 38.7 Å². The van der Waals surface area contributed by atoms with Crippen molar-refractivity contribution in [2.75, 3.05) is 13.1 Å². The van der Waals surface area contributed by atoms with Gasteiger partial charge in [0.1, 0.15) is 0 Å². The fraction of sp³-hybridized carbons (Fsp3) is 1.00. The van der Waals surface area contributed by atoms with Gasteiger partial charge in [-0.3, -0.25) is 4.90 Å². The molecule has 0 N–H and O–H groups in total. The molecular weight excluding hydrogens is 273 g/mol. The number of hydrogen-bond acceptors (Lipinski definition) is 2. The molecule has 0 fully saturated rings. The van der Waals surface area contributed by atoms with Crippen molar-refractivity contribution in [3.8, 4) is 0 Å². The van der Waals surface area contributed by atoms with Gasteiger partial charge in [-0.05, 0) is 19.3 Å². The van der Waals surface area contributed by atoms with Gasteiger partial charge in [-0.1, -0.05) is 77.3 Å². The standard InChI is InChI=1S/C10H22NO.2C4H9.Al/c1-4-7-10(12)11(8-5-2)9-6-3;2*1-3-4-2;/h10H,4-9H2,1-3H3;2*1,3-4H2,2H3;/q-1;;;+1. The summed E-state index contributed by atoms with van der Waals surface area (Å²) >= 11 is -1.01. The fourth-order valence-corrected chi connectivity index (χ4v) is 5.96. The van der Waals surface area contributed by atoms with E-state index in [0.29, 0.717) is 6.23 Å². The van der Waals surface area contributed by atoms with E-state index in [1.807, 2.05) is 0 Å². The molecule has 0 rings (SSSR count). The van der Waals surface area contributed by atoms with Crippen LogP contribution in [-0.2, 0) is 3.79 Å². The molecule has 0 aromatic heterocycles. The summed E-state index contributed by atoms with van der Waals surface area (Å²) < 4.78 is 6.73. The molecule has 21 heavy (non-hydrogen) atoms. The van der Waals surface area contributed by atoms with E-state index in [1.165, 1.54) is 75.0 Å². The van der Waals surface area contributed by atoms with E-state index in [2.05, 4.69) is 39.5 Å². The summed E-state index contributed by atoms with van der Waals surface area (Å²) in [5.74, 6) is 0. The van der Waals surface area contributed by atoms with Crippen molar-refractivity contribution in [2.45, 2.75) is 103 Å². The van der Waals surface area contributed by atoms with Gasteiger partial charge >= 0.3 is 14.5 Å². The van der Waals surface area contributed by atoms with Gasteiger partial charge in [-0.2, -0.15) is 0 Å².